The van der Waals surface area contributed by atoms with E-state index in [-0.39, 0.29) is 41.8 Å². The molecule has 4 atom stereocenters. The van der Waals surface area contributed by atoms with Gasteiger partial charge in [-0.3, -0.25) is 4.79 Å². The largest absolute Gasteiger partial charge is 0.393 e. The number of Topliss-reactive ketones (excluding diaryl/α,β-unsaturated/α-hetero) is 1. The van der Waals surface area contributed by atoms with Gasteiger partial charge in [-0.15, -0.1) is 0 Å². The first-order valence-corrected chi connectivity index (χ1v) is 20.0. The summed E-state index contributed by atoms with van der Waals surface area (Å²) in [5.74, 6) is -1.17. The lowest BCUT2D eigenvalue weighted by Crippen LogP contribution is -2.53. The maximum absolute atomic E-state index is 14.9. The highest BCUT2D eigenvalue weighted by atomic mass is 35.5. The molecule has 0 amide bonds. The average Bonchev–Trinajstić information content (AvgIpc) is 3.33. The Bertz CT molecular complexity index is 2060. The number of rotatable bonds is 8. The molecule has 1 saturated carbocycles. The molecule has 0 saturated heterocycles. The predicted octanol–water partition coefficient (Wildman–Crippen LogP) is 8.56. The predicted molar refractivity (Wildman–Crippen MR) is 202 cm³/mol. The van der Waals surface area contributed by atoms with Gasteiger partial charge in [0.25, 0.3) is 0 Å². The van der Waals surface area contributed by atoms with Crippen molar-refractivity contribution in [3.8, 4) is 0 Å². The van der Waals surface area contributed by atoms with Crippen molar-refractivity contribution in [2.75, 3.05) is 12.8 Å². The van der Waals surface area contributed by atoms with E-state index < -0.39 is 33.0 Å². The lowest BCUT2D eigenvalue weighted by atomic mass is 9.64. The second-order valence-electron chi connectivity index (χ2n) is 14.9. The van der Waals surface area contributed by atoms with Crippen molar-refractivity contribution in [1.82, 2.24) is 4.31 Å². The number of halogens is 2. The first-order chi connectivity index (χ1) is 24.2. The normalized spacial score (nSPS) is 24.4. The van der Waals surface area contributed by atoms with E-state index >= 15 is 0 Å². The molecule has 0 spiro atoms. The van der Waals surface area contributed by atoms with Gasteiger partial charge >= 0.3 is 0 Å². The molecule has 2 N–H and O–H groups in total. The summed E-state index contributed by atoms with van der Waals surface area (Å²) in [6.07, 6.45) is 6.12. The van der Waals surface area contributed by atoms with Crippen LogP contribution in [0, 0.1) is 11.2 Å². The van der Waals surface area contributed by atoms with E-state index in [1.165, 1.54) is 22.7 Å². The molecular weight excluding hydrogens is 685 g/mol. The van der Waals surface area contributed by atoms with Crippen molar-refractivity contribution >= 4 is 38.2 Å². The Morgan fingerprint density at radius 3 is 2.53 bits per heavy atom. The van der Waals surface area contributed by atoms with Gasteiger partial charge in [0.1, 0.15) is 5.82 Å². The van der Waals surface area contributed by atoms with Gasteiger partial charge in [-0.05, 0) is 103 Å². The molecular formula is C42H47ClFNO5S. The van der Waals surface area contributed by atoms with E-state index in [4.69, 9.17) is 11.6 Å². The molecule has 7 rings (SSSR count). The Kier molecular flexibility index (Phi) is 10.9. The third-order valence-corrected chi connectivity index (χ3v) is 13.1. The Balaban J connectivity index is 1.43. The molecule has 1 fully saturated rings. The standard InChI is InChI=1S/C42H47ClFNO5S/c1-28-9-8-21-41(2)37(20-22-42(41,48)27-45(51(3,49)50)26-31-12-6-11-30-10-4-5-13-33(30)31)34-19-17-29(23-32(46)18-16-28)24-35(34)40(47)25-36-38(43)14-7-15-39(36)44/h4-7,9-15,17,19,24,32,37,46,48H,8,16,18,20-23,25-27H2,1-3H3. The lowest BCUT2D eigenvalue weighted by Gasteiger charge is -2.45. The second-order valence-corrected chi connectivity index (χ2v) is 17.3. The monoisotopic (exact) mass is 731 g/mol. The molecule has 3 aliphatic rings. The Morgan fingerprint density at radius 1 is 1.02 bits per heavy atom. The minimum atomic E-state index is -3.76. The van der Waals surface area contributed by atoms with Crippen LogP contribution in [0.4, 0.5) is 4.39 Å². The Morgan fingerprint density at radius 2 is 1.76 bits per heavy atom. The molecule has 51 heavy (non-hydrogen) atoms. The van der Waals surface area contributed by atoms with Crippen LogP contribution in [0.5, 0.6) is 0 Å². The summed E-state index contributed by atoms with van der Waals surface area (Å²) in [5, 5.41) is 25.9. The van der Waals surface area contributed by atoms with Gasteiger partial charge in [0.15, 0.2) is 5.78 Å². The number of fused-ring (bicyclic) bond motifs is 9. The van der Waals surface area contributed by atoms with E-state index in [0.717, 1.165) is 33.0 Å². The topological polar surface area (TPSA) is 94.9 Å². The number of nitrogens with zero attached hydrogens (tertiary/aromatic N) is 1. The molecule has 2 bridgehead atoms. The first kappa shape index (κ1) is 37.4. The van der Waals surface area contributed by atoms with Crippen LogP contribution in [0.3, 0.4) is 0 Å². The zero-order chi connectivity index (χ0) is 36.6. The van der Waals surface area contributed by atoms with Crippen molar-refractivity contribution in [2.45, 2.75) is 89.4 Å². The summed E-state index contributed by atoms with van der Waals surface area (Å²) in [6, 6.07) is 23.7. The minimum absolute atomic E-state index is 0.104. The number of carbonyl (C=O) groups is 1. The fourth-order valence-corrected chi connectivity index (χ4v) is 9.45. The van der Waals surface area contributed by atoms with Gasteiger partial charge in [-0.2, -0.15) is 4.31 Å². The Labute approximate surface area is 306 Å². The van der Waals surface area contributed by atoms with E-state index in [9.17, 15) is 27.8 Å². The first-order valence-electron chi connectivity index (χ1n) is 17.8. The highest BCUT2D eigenvalue weighted by Gasteiger charge is 2.58. The summed E-state index contributed by atoms with van der Waals surface area (Å²) in [4.78, 5) is 14.2. The highest BCUT2D eigenvalue weighted by molar-refractivity contribution is 7.88. The molecule has 0 aromatic heterocycles. The minimum Gasteiger partial charge on any atom is -0.393 e. The number of aliphatic hydroxyl groups is 2. The maximum atomic E-state index is 14.9. The molecule has 0 aliphatic heterocycles. The van der Waals surface area contributed by atoms with Gasteiger partial charge in [-0.1, -0.05) is 90.8 Å². The molecule has 0 radical (unpaired) electrons. The van der Waals surface area contributed by atoms with Crippen LogP contribution in [0.2, 0.25) is 5.02 Å². The van der Waals surface area contributed by atoms with Gasteiger partial charge < -0.3 is 10.2 Å². The molecule has 4 aromatic rings. The Hall–Kier alpha value is -3.40. The van der Waals surface area contributed by atoms with E-state index in [0.29, 0.717) is 50.5 Å². The van der Waals surface area contributed by atoms with Crippen molar-refractivity contribution in [1.29, 1.82) is 0 Å². The smallest absolute Gasteiger partial charge is 0.211 e. The number of hydrogen-bond donors (Lipinski definition) is 2. The molecule has 6 nitrogen and oxygen atoms in total. The fraction of sp³-hybridized carbons (Fsp3) is 0.405. The van der Waals surface area contributed by atoms with Crippen LogP contribution >= 0.6 is 11.6 Å². The molecule has 270 valence electrons. The van der Waals surface area contributed by atoms with Crippen LogP contribution in [-0.4, -0.2) is 53.2 Å². The molecule has 0 heterocycles. The van der Waals surface area contributed by atoms with Crippen LogP contribution in [0.15, 0.2) is 90.5 Å². The van der Waals surface area contributed by atoms with Crippen LogP contribution in [0.25, 0.3) is 10.8 Å². The van der Waals surface area contributed by atoms with E-state index in [1.54, 1.807) is 6.07 Å². The van der Waals surface area contributed by atoms with Crippen molar-refractivity contribution < 1.29 is 27.8 Å². The van der Waals surface area contributed by atoms with Gasteiger partial charge in [-0.25, -0.2) is 12.8 Å². The number of ketones is 1. The molecule has 4 unspecified atom stereocenters. The number of allylic oxidation sites excluding steroid dienone is 2. The van der Waals surface area contributed by atoms with Gasteiger partial charge in [0, 0.05) is 41.1 Å². The number of hydrogen-bond acceptors (Lipinski definition) is 5. The molecule has 3 aliphatic carbocycles. The average molecular weight is 732 g/mol. The quantitative estimate of drug-likeness (QED) is 0.140. The van der Waals surface area contributed by atoms with Crippen LogP contribution < -0.4 is 0 Å². The van der Waals surface area contributed by atoms with Gasteiger partial charge in [0.2, 0.25) is 10.0 Å². The molecule has 9 heteroatoms. The molecule has 4 aromatic carbocycles. The summed E-state index contributed by atoms with van der Waals surface area (Å²) >= 11 is 6.36. The number of sulfonamides is 1. The van der Waals surface area contributed by atoms with Gasteiger partial charge in [0.05, 0.1) is 18.0 Å². The number of carbonyl (C=O) groups excluding carboxylic acids is 1. The maximum Gasteiger partial charge on any atom is 0.211 e. The van der Waals surface area contributed by atoms with Crippen molar-refractivity contribution in [3.63, 3.8) is 0 Å². The van der Waals surface area contributed by atoms with E-state index in [2.05, 4.69) is 6.08 Å². The van der Waals surface area contributed by atoms with Crippen LogP contribution in [0.1, 0.15) is 90.9 Å². The third-order valence-electron chi connectivity index (χ3n) is 11.5. The summed E-state index contributed by atoms with van der Waals surface area (Å²) < 4.78 is 43.3. The summed E-state index contributed by atoms with van der Waals surface area (Å²) in [5.41, 5.74) is 1.78. The van der Waals surface area contributed by atoms with Crippen molar-refractivity contribution in [3.05, 3.63) is 129 Å². The number of aliphatic hydroxyl groups excluding tert-OH is 1. The zero-order valence-corrected chi connectivity index (χ0v) is 31.1. The van der Waals surface area contributed by atoms with E-state index in [1.807, 2.05) is 74.5 Å². The highest BCUT2D eigenvalue weighted by Crippen LogP contribution is 2.59. The SMILES string of the molecule is CC1=CCCC2(C)C(CCC2(O)CN(Cc2cccc3ccccc23)S(C)(=O)=O)c2ccc(cc2C(=O)Cc2c(F)cccc2Cl)CC(O)CC1. The lowest BCUT2D eigenvalue weighted by molar-refractivity contribution is -0.0731. The number of benzene rings is 4. The second kappa shape index (κ2) is 14.9. The summed E-state index contributed by atoms with van der Waals surface area (Å²) in [7, 11) is -3.76. The summed E-state index contributed by atoms with van der Waals surface area (Å²) in [6.45, 7) is 4.07. The fourth-order valence-electron chi connectivity index (χ4n) is 8.40. The third kappa shape index (κ3) is 7.86. The zero-order valence-electron chi connectivity index (χ0n) is 29.5. The van der Waals surface area contributed by atoms with Crippen LogP contribution in [-0.2, 0) is 29.4 Å². The van der Waals surface area contributed by atoms with Crippen molar-refractivity contribution in [2.24, 2.45) is 5.41 Å².